The molecule has 1 aliphatic heterocycles. The van der Waals surface area contributed by atoms with E-state index in [4.69, 9.17) is 4.74 Å². The van der Waals surface area contributed by atoms with Crippen LogP contribution in [0, 0.1) is 0 Å². The predicted octanol–water partition coefficient (Wildman–Crippen LogP) is 3.82. The number of benzene rings is 3. The average Bonchev–Trinajstić information content (AvgIpc) is 3.51. The number of ether oxygens (including phenoxy) is 1. The third-order valence-electron chi connectivity index (χ3n) is 7.74. The van der Waals surface area contributed by atoms with E-state index in [-0.39, 0.29) is 37.6 Å². The Morgan fingerprint density at radius 1 is 0.814 bits per heavy atom. The van der Waals surface area contributed by atoms with Crippen molar-refractivity contribution in [1.29, 1.82) is 0 Å². The first kappa shape index (κ1) is 29.6. The maximum absolute atomic E-state index is 13.3. The zero-order valence-corrected chi connectivity index (χ0v) is 24.6. The molecule has 5 rings (SSSR count). The van der Waals surface area contributed by atoms with Gasteiger partial charge in [-0.05, 0) is 48.6 Å². The minimum atomic E-state index is -0.971. The van der Waals surface area contributed by atoms with Gasteiger partial charge < -0.3 is 20.3 Å². The van der Waals surface area contributed by atoms with E-state index < -0.39 is 30.1 Å². The zero-order valence-electron chi connectivity index (χ0n) is 24.6. The fourth-order valence-electron chi connectivity index (χ4n) is 5.62. The van der Waals surface area contributed by atoms with E-state index in [2.05, 4.69) is 28.2 Å². The van der Waals surface area contributed by atoms with E-state index in [9.17, 15) is 19.2 Å². The summed E-state index contributed by atoms with van der Waals surface area (Å²) in [5.41, 5.74) is 7.93. The van der Waals surface area contributed by atoms with E-state index in [1.807, 2.05) is 80.6 Å². The molecule has 2 aliphatic rings. The van der Waals surface area contributed by atoms with Gasteiger partial charge in [-0.3, -0.25) is 15.0 Å². The topological polar surface area (TPSA) is 120 Å². The van der Waals surface area contributed by atoms with E-state index in [1.165, 1.54) is 16.8 Å². The Morgan fingerprint density at radius 2 is 1.42 bits per heavy atom. The minimum absolute atomic E-state index is 0.0934. The van der Waals surface area contributed by atoms with Crippen LogP contribution in [0.4, 0.5) is 9.59 Å². The van der Waals surface area contributed by atoms with E-state index in [0.717, 1.165) is 27.8 Å². The van der Waals surface area contributed by atoms with Gasteiger partial charge in [0.15, 0.2) is 0 Å². The molecule has 10 heteroatoms. The van der Waals surface area contributed by atoms with Crippen LogP contribution in [0.25, 0.3) is 11.1 Å². The number of amides is 5. The van der Waals surface area contributed by atoms with Crippen molar-refractivity contribution in [2.45, 2.75) is 51.2 Å². The van der Waals surface area contributed by atoms with Crippen molar-refractivity contribution in [3.8, 4) is 11.1 Å². The molecule has 1 heterocycles. The van der Waals surface area contributed by atoms with Crippen molar-refractivity contribution in [2.75, 3.05) is 19.7 Å². The molecule has 0 radical (unpaired) electrons. The Bertz CT molecular complexity index is 1450. The van der Waals surface area contributed by atoms with Gasteiger partial charge in [0.1, 0.15) is 18.7 Å². The van der Waals surface area contributed by atoms with Gasteiger partial charge in [0.05, 0.1) is 6.54 Å². The molecule has 0 aromatic heterocycles. The lowest BCUT2D eigenvalue weighted by Crippen LogP contribution is -2.55. The summed E-state index contributed by atoms with van der Waals surface area (Å²) in [5, 5.41) is 6.64. The van der Waals surface area contributed by atoms with Gasteiger partial charge >= 0.3 is 12.1 Å². The highest BCUT2D eigenvalue weighted by molar-refractivity contribution is 5.91. The quantitative estimate of drug-likeness (QED) is 0.335. The summed E-state index contributed by atoms with van der Waals surface area (Å²) in [6, 6.07) is 23.3. The standard InChI is InChI=1S/C33H37N5O5/c1-21(2)34-31(40)29(19-23-11-5-4-6-12-23)37-17-18-38(33(37)42)36-30(39)22(3)35-32(41)43-20-28-26-15-9-7-13-24(26)25-14-8-10-16-27(25)28/h4-16,21-22,28-29H,17-20H2,1-3H3,(H,34,40)(H,35,41)(H,36,39)/t22-,29+/m0/s1. The van der Waals surface area contributed by atoms with Gasteiger partial charge in [0.2, 0.25) is 5.91 Å². The average molecular weight is 584 g/mol. The first-order valence-corrected chi connectivity index (χ1v) is 14.6. The highest BCUT2D eigenvalue weighted by atomic mass is 16.5. The molecule has 3 aromatic carbocycles. The number of urea groups is 1. The van der Waals surface area contributed by atoms with Crippen molar-refractivity contribution >= 4 is 23.9 Å². The number of hydrazine groups is 1. The SMILES string of the molecule is CC(C)NC(=O)[C@@H](Cc1ccccc1)N1CCN(NC(=O)[C@H](C)NC(=O)OCC2c3ccccc3-c3ccccc32)C1=O. The summed E-state index contributed by atoms with van der Waals surface area (Å²) in [6.45, 7) is 5.82. The van der Waals surface area contributed by atoms with Crippen LogP contribution in [0.15, 0.2) is 78.9 Å². The molecule has 0 saturated carbocycles. The largest absolute Gasteiger partial charge is 0.449 e. The highest BCUT2D eigenvalue weighted by Crippen LogP contribution is 2.44. The second-order valence-electron chi connectivity index (χ2n) is 11.2. The third kappa shape index (κ3) is 6.63. The number of carbonyl (C=O) groups is 4. The van der Waals surface area contributed by atoms with Crippen molar-refractivity contribution in [3.63, 3.8) is 0 Å². The molecule has 1 aliphatic carbocycles. The number of nitrogens with one attached hydrogen (secondary N) is 3. The van der Waals surface area contributed by atoms with Crippen LogP contribution in [-0.4, -0.2) is 71.7 Å². The summed E-state index contributed by atoms with van der Waals surface area (Å²) in [7, 11) is 0. The van der Waals surface area contributed by atoms with E-state index >= 15 is 0 Å². The molecular weight excluding hydrogens is 546 g/mol. The minimum Gasteiger partial charge on any atom is -0.449 e. The number of carbonyl (C=O) groups excluding carboxylic acids is 4. The molecule has 10 nitrogen and oxygen atoms in total. The van der Waals surface area contributed by atoms with Crippen LogP contribution in [-0.2, 0) is 20.7 Å². The molecule has 1 fully saturated rings. The molecule has 43 heavy (non-hydrogen) atoms. The first-order chi connectivity index (χ1) is 20.7. The number of alkyl carbamates (subject to hydrolysis) is 1. The number of hydrogen-bond acceptors (Lipinski definition) is 5. The molecule has 3 aromatic rings. The Kier molecular flexibility index (Phi) is 8.94. The van der Waals surface area contributed by atoms with Gasteiger partial charge in [-0.2, -0.15) is 0 Å². The molecule has 0 unspecified atom stereocenters. The van der Waals surface area contributed by atoms with Gasteiger partial charge in [-0.25, -0.2) is 14.6 Å². The fraction of sp³-hybridized carbons (Fsp3) is 0.333. The number of rotatable bonds is 10. The normalized spacial score (nSPS) is 15.5. The first-order valence-electron chi connectivity index (χ1n) is 14.6. The Balaban J connectivity index is 1.16. The van der Waals surface area contributed by atoms with E-state index in [0.29, 0.717) is 6.42 Å². The van der Waals surface area contributed by atoms with Crippen molar-refractivity contribution in [3.05, 3.63) is 95.6 Å². The molecule has 2 atom stereocenters. The number of hydrogen-bond donors (Lipinski definition) is 3. The summed E-state index contributed by atoms with van der Waals surface area (Å²) in [6.07, 6.45) is -0.390. The van der Waals surface area contributed by atoms with Gasteiger partial charge in [0, 0.05) is 24.9 Å². The highest BCUT2D eigenvalue weighted by Gasteiger charge is 2.39. The molecule has 224 valence electrons. The summed E-state index contributed by atoms with van der Waals surface area (Å²) in [5.74, 6) is -0.937. The van der Waals surface area contributed by atoms with Gasteiger partial charge in [-0.15, -0.1) is 0 Å². The lowest BCUT2D eigenvalue weighted by atomic mass is 9.98. The lowest BCUT2D eigenvalue weighted by Gasteiger charge is -2.28. The van der Waals surface area contributed by atoms with Crippen LogP contribution < -0.4 is 16.1 Å². The third-order valence-corrected chi connectivity index (χ3v) is 7.74. The number of fused-ring (bicyclic) bond motifs is 3. The van der Waals surface area contributed by atoms with Crippen LogP contribution in [0.2, 0.25) is 0 Å². The fourth-order valence-corrected chi connectivity index (χ4v) is 5.62. The molecule has 3 N–H and O–H groups in total. The van der Waals surface area contributed by atoms with Gasteiger partial charge in [-0.1, -0.05) is 78.9 Å². The van der Waals surface area contributed by atoms with Crippen LogP contribution >= 0.6 is 0 Å². The van der Waals surface area contributed by atoms with Crippen LogP contribution in [0.5, 0.6) is 0 Å². The lowest BCUT2D eigenvalue weighted by molar-refractivity contribution is -0.126. The molecule has 1 saturated heterocycles. The summed E-state index contributed by atoms with van der Waals surface area (Å²) >= 11 is 0. The van der Waals surface area contributed by atoms with Crippen molar-refractivity contribution in [2.24, 2.45) is 0 Å². The smallest absolute Gasteiger partial charge is 0.407 e. The van der Waals surface area contributed by atoms with Crippen molar-refractivity contribution in [1.82, 2.24) is 26.0 Å². The molecule has 0 bridgehead atoms. The predicted molar refractivity (Wildman–Crippen MR) is 162 cm³/mol. The monoisotopic (exact) mass is 583 g/mol. The summed E-state index contributed by atoms with van der Waals surface area (Å²) in [4.78, 5) is 53.5. The second-order valence-corrected chi connectivity index (χ2v) is 11.2. The molecule has 0 spiro atoms. The molecular formula is C33H37N5O5. The van der Waals surface area contributed by atoms with Gasteiger partial charge in [0.25, 0.3) is 5.91 Å². The maximum Gasteiger partial charge on any atom is 0.407 e. The summed E-state index contributed by atoms with van der Waals surface area (Å²) < 4.78 is 5.55. The Hall–Kier alpha value is -4.86. The second kappa shape index (κ2) is 13.0. The number of nitrogens with zero attached hydrogens (tertiary/aromatic N) is 2. The van der Waals surface area contributed by atoms with E-state index in [1.54, 1.807) is 0 Å². The van der Waals surface area contributed by atoms with Crippen LogP contribution in [0.1, 0.15) is 43.4 Å². The van der Waals surface area contributed by atoms with Crippen molar-refractivity contribution < 1.29 is 23.9 Å². The van der Waals surface area contributed by atoms with Crippen LogP contribution in [0.3, 0.4) is 0 Å². The maximum atomic E-state index is 13.3. The zero-order chi connectivity index (χ0) is 30.5. The Labute approximate surface area is 251 Å². The Morgan fingerprint density at radius 3 is 2.05 bits per heavy atom. The molecule has 5 amide bonds.